The molecule has 0 aromatic rings. The molecule has 0 saturated carbocycles. The van der Waals surface area contributed by atoms with Gasteiger partial charge in [0.25, 0.3) is 0 Å². The molecule has 0 aliphatic carbocycles. The van der Waals surface area contributed by atoms with Crippen LogP contribution in [0.3, 0.4) is 0 Å². The van der Waals surface area contributed by atoms with Crippen molar-refractivity contribution in [2.45, 2.75) is 30.4 Å². The summed E-state index contributed by atoms with van der Waals surface area (Å²) in [6, 6.07) is 2.26. The van der Waals surface area contributed by atoms with Crippen molar-refractivity contribution in [1.82, 2.24) is 10.6 Å². The molecule has 0 amide bonds. The Bertz CT molecular complexity index is 236. The van der Waals surface area contributed by atoms with Gasteiger partial charge in [0.15, 0.2) is 0 Å². The fourth-order valence-corrected chi connectivity index (χ4v) is 2.17. The number of hydrogen-bond acceptors (Lipinski definition) is 4. The van der Waals surface area contributed by atoms with Gasteiger partial charge < -0.3 is 10.4 Å². The van der Waals surface area contributed by atoms with Crippen LogP contribution in [0.5, 0.6) is 0 Å². The maximum absolute atomic E-state index is 10.1. The van der Waals surface area contributed by atoms with Crippen molar-refractivity contribution in [2.24, 2.45) is 0 Å². The zero-order valence-electron chi connectivity index (χ0n) is 7.64. The normalized spacial score (nSPS) is 37.5. The molecule has 0 aromatic heterocycles. The molecule has 2 aliphatic heterocycles. The highest BCUT2D eigenvalue weighted by molar-refractivity contribution is 5.24. The number of nitrogens with zero attached hydrogens (tertiary/aromatic N) is 1. The summed E-state index contributed by atoms with van der Waals surface area (Å²) in [4.78, 5) is 0. The summed E-state index contributed by atoms with van der Waals surface area (Å²) in [6.45, 7) is 1.91. The molecule has 1 atom stereocenters. The van der Waals surface area contributed by atoms with Gasteiger partial charge in [-0.25, -0.2) is 0 Å². The van der Waals surface area contributed by atoms with Gasteiger partial charge in [-0.1, -0.05) is 0 Å². The molecule has 0 radical (unpaired) electrons. The summed E-state index contributed by atoms with van der Waals surface area (Å²) in [5, 5.41) is 25.5. The third-order valence-corrected chi connectivity index (χ3v) is 3.23. The highest BCUT2D eigenvalue weighted by Crippen LogP contribution is 2.32. The van der Waals surface area contributed by atoms with E-state index < -0.39 is 11.1 Å². The molecule has 4 heteroatoms. The minimum Gasteiger partial charge on any atom is -0.384 e. The van der Waals surface area contributed by atoms with Crippen molar-refractivity contribution in [3.05, 3.63) is 0 Å². The number of hydrogen-bond donors (Lipinski definition) is 3. The summed E-state index contributed by atoms with van der Waals surface area (Å²) in [5.41, 5.74) is -1.54. The van der Waals surface area contributed by atoms with Gasteiger partial charge >= 0.3 is 0 Å². The Labute approximate surface area is 77.9 Å². The molecule has 13 heavy (non-hydrogen) atoms. The first-order valence-electron chi connectivity index (χ1n) is 4.82. The Morgan fingerprint density at radius 3 is 2.46 bits per heavy atom. The van der Waals surface area contributed by atoms with Crippen molar-refractivity contribution in [3.63, 3.8) is 0 Å². The molecular weight excluding hydrogens is 166 g/mol. The molecule has 2 aliphatic rings. The van der Waals surface area contributed by atoms with Gasteiger partial charge in [-0.15, -0.1) is 0 Å². The van der Waals surface area contributed by atoms with E-state index in [1.807, 2.05) is 0 Å². The zero-order chi connectivity index (χ0) is 9.36. The predicted molar refractivity (Wildman–Crippen MR) is 48.0 cm³/mol. The SMILES string of the molecule is N#CC1(C2(O)CNC2)CCCCN1. The number of nitrogens with one attached hydrogen (secondary N) is 2. The average Bonchev–Trinajstić information content (AvgIpc) is 2.15. The lowest BCUT2D eigenvalue weighted by Crippen LogP contribution is -2.76. The lowest BCUT2D eigenvalue weighted by atomic mass is 9.72. The van der Waals surface area contributed by atoms with Crippen LogP contribution in [0.2, 0.25) is 0 Å². The van der Waals surface area contributed by atoms with Gasteiger partial charge in [0, 0.05) is 13.1 Å². The number of β-amino-alcohol motifs (C(OH)–C–C–N with tert-alkyl or cyclic N) is 1. The summed E-state index contributed by atoms with van der Waals surface area (Å²) >= 11 is 0. The predicted octanol–water partition coefficient (Wildman–Crippen LogP) is -0.643. The fraction of sp³-hybridized carbons (Fsp3) is 0.889. The number of rotatable bonds is 1. The van der Waals surface area contributed by atoms with E-state index in [-0.39, 0.29) is 0 Å². The van der Waals surface area contributed by atoms with Crippen LogP contribution in [-0.4, -0.2) is 35.9 Å². The standard InChI is InChI=1S/C9H15N3O/c10-5-8(3-1-2-4-12-8)9(13)6-11-7-9/h11-13H,1-4,6-7H2. The van der Waals surface area contributed by atoms with Crippen LogP contribution in [0.25, 0.3) is 0 Å². The second-order valence-corrected chi connectivity index (χ2v) is 4.04. The van der Waals surface area contributed by atoms with Crippen molar-refractivity contribution >= 4 is 0 Å². The Balaban J connectivity index is 2.18. The first-order valence-corrected chi connectivity index (χ1v) is 4.82. The lowest BCUT2D eigenvalue weighted by molar-refractivity contribution is -0.0775. The van der Waals surface area contributed by atoms with Crippen LogP contribution in [0, 0.1) is 11.3 Å². The Hall–Kier alpha value is -0.630. The Morgan fingerprint density at radius 1 is 1.31 bits per heavy atom. The molecule has 2 heterocycles. The van der Waals surface area contributed by atoms with Gasteiger partial charge in [-0.2, -0.15) is 5.26 Å². The molecule has 2 fully saturated rings. The van der Waals surface area contributed by atoms with E-state index in [0.29, 0.717) is 13.1 Å². The maximum Gasteiger partial charge on any atom is 0.138 e. The van der Waals surface area contributed by atoms with E-state index >= 15 is 0 Å². The van der Waals surface area contributed by atoms with Gasteiger partial charge in [-0.3, -0.25) is 5.32 Å². The van der Waals surface area contributed by atoms with E-state index in [2.05, 4.69) is 16.7 Å². The number of aliphatic hydroxyl groups is 1. The van der Waals surface area contributed by atoms with Crippen LogP contribution < -0.4 is 10.6 Å². The molecule has 4 nitrogen and oxygen atoms in total. The van der Waals surface area contributed by atoms with Gasteiger partial charge in [0.1, 0.15) is 11.1 Å². The van der Waals surface area contributed by atoms with Gasteiger partial charge in [0.2, 0.25) is 0 Å². The second kappa shape index (κ2) is 2.95. The van der Waals surface area contributed by atoms with Crippen LogP contribution in [0.4, 0.5) is 0 Å². The van der Waals surface area contributed by atoms with E-state index in [1.54, 1.807) is 0 Å². The van der Waals surface area contributed by atoms with E-state index in [4.69, 9.17) is 5.26 Å². The summed E-state index contributed by atoms with van der Waals surface area (Å²) in [5.74, 6) is 0. The Kier molecular flexibility index (Phi) is 2.03. The van der Waals surface area contributed by atoms with Crippen LogP contribution in [0.1, 0.15) is 19.3 Å². The Morgan fingerprint density at radius 2 is 2.08 bits per heavy atom. The van der Waals surface area contributed by atoms with E-state index in [0.717, 1.165) is 25.8 Å². The molecule has 1 unspecified atom stereocenters. The summed E-state index contributed by atoms with van der Waals surface area (Å²) in [7, 11) is 0. The van der Waals surface area contributed by atoms with Crippen LogP contribution >= 0.6 is 0 Å². The average molecular weight is 181 g/mol. The molecule has 0 bridgehead atoms. The van der Waals surface area contributed by atoms with Gasteiger partial charge in [-0.05, 0) is 25.8 Å². The summed E-state index contributed by atoms with van der Waals surface area (Å²) in [6.07, 6.45) is 2.90. The highest BCUT2D eigenvalue weighted by atomic mass is 16.3. The topological polar surface area (TPSA) is 68.1 Å². The summed E-state index contributed by atoms with van der Waals surface area (Å²) < 4.78 is 0. The van der Waals surface area contributed by atoms with Crippen molar-refractivity contribution in [2.75, 3.05) is 19.6 Å². The van der Waals surface area contributed by atoms with E-state index in [9.17, 15) is 5.11 Å². The largest absolute Gasteiger partial charge is 0.384 e. The number of piperidine rings is 1. The van der Waals surface area contributed by atoms with Crippen LogP contribution in [-0.2, 0) is 0 Å². The minimum atomic E-state index is -0.845. The third kappa shape index (κ3) is 1.16. The van der Waals surface area contributed by atoms with Crippen molar-refractivity contribution in [3.8, 4) is 6.07 Å². The van der Waals surface area contributed by atoms with Crippen LogP contribution in [0.15, 0.2) is 0 Å². The molecular formula is C9H15N3O. The monoisotopic (exact) mass is 181 g/mol. The van der Waals surface area contributed by atoms with Crippen molar-refractivity contribution < 1.29 is 5.11 Å². The number of nitriles is 1. The molecule has 72 valence electrons. The third-order valence-electron chi connectivity index (χ3n) is 3.23. The molecule has 2 saturated heterocycles. The molecule has 3 N–H and O–H groups in total. The van der Waals surface area contributed by atoms with Crippen molar-refractivity contribution in [1.29, 1.82) is 5.26 Å². The first kappa shape index (κ1) is 8.95. The minimum absolute atomic E-state index is 0.535. The molecule has 2 rings (SSSR count). The maximum atomic E-state index is 10.1. The fourth-order valence-electron chi connectivity index (χ4n) is 2.17. The van der Waals surface area contributed by atoms with Gasteiger partial charge in [0.05, 0.1) is 6.07 Å². The molecule has 0 aromatic carbocycles. The quantitative estimate of drug-likeness (QED) is 0.503. The lowest BCUT2D eigenvalue weighted by Gasteiger charge is -2.50. The second-order valence-electron chi connectivity index (χ2n) is 4.04. The van der Waals surface area contributed by atoms with E-state index in [1.165, 1.54) is 0 Å². The zero-order valence-corrected chi connectivity index (χ0v) is 7.64. The molecule has 0 spiro atoms. The smallest absolute Gasteiger partial charge is 0.138 e. The first-order chi connectivity index (χ1) is 6.22. The highest BCUT2D eigenvalue weighted by Gasteiger charge is 2.54.